The van der Waals surface area contributed by atoms with Crippen molar-refractivity contribution >= 4 is 52.2 Å². The number of benzene rings is 2. The zero-order valence-electron chi connectivity index (χ0n) is 15.0. The highest BCUT2D eigenvalue weighted by atomic mass is 35.5. The minimum Gasteiger partial charge on any atom is -0.361 e. The summed E-state index contributed by atoms with van der Waals surface area (Å²) in [6.45, 7) is 3.50. The molecule has 0 aliphatic heterocycles. The number of hydrogen-bond donors (Lipinski definition) is 3. The number of carbonyl (C=O) groups excluding carboxylic acids is 2. The lowest BCUT2D eigenvalue weighted by Gasteiger charge is -2.12. The van der Waals surface area contributed by atoms with Crippen LogP contribution in [-0.4, -0.2) is 17.1 Å². The summed E-state index contributed by atoms with van der Waals surface area (Å²) >= 11 is 11.8. The van der Waals surface area contributed by atoms with E-state index < -0.39 is 6.03 Å². The molecular formula is C19H16Cl2N4O3. The number of aryl methyl sites for hydroxylation is 2. The number of carbonyl (C=O) groups is 2. The molecule has 9 heteroatoms. The Balaban J connectivity index is 1.70. The number of halogens is 2. The molecule has 3 aromatic rings. The van der Waals surface area contributed by atoms with Gasteiger partial charge in [-0.2, -0.15) is 0 Å². The molecule has 3 rings (SSSR count). The third-order valence-corrected chi connectivity index (χ3v) is 4.66. The first-order valence-electron chi connectivity index (χ1n) is 8.20. The second kappa shape index (κ2) is 8.33. The van der Waals surface area contributed by atoms with E-state index in [9.17, 15) is 9.59 Å². The van der Waals surface area contributed by atoms with Crippen LogP contribution in [0.1, 0.15) is 21.7 Å². The SMILES string of the molecule is Cc1ccc(NC(=O)Nc2ccc(Cl)c(Cl)c2)cc1NC(=O)c1cnoc1C. The highest BCUT2D eigenvalue weighted by molar-refractivity contribution is 6.42. The molecule has 7 nitrogen and oxygen atoms in total. The molecule has 0 saturated carbocycles. The summed E-state index contributed by atoms with van der Waals surface area (Å²) in [6.07, 6.45) is 1.35. The summed E-state index contributed by atoms with van der Waals surface area (Å²) in [6, 6.07) is 9.47. The molecule has 0 aliphatic carbocycles. The van der Waals surface area contributed by atoms with Crippen molar-refractivity contribution in [1.29, 1.82) is 0 Å². The minimum absolute atomic E-state index is 0.337. The predicted octanol–water partition coefficient (Wildman–Crippen LogP) is 5.49. The van der Waals surface area contributed by atoms with Crippen molar-refractivity contribution in [1.82, 2.24) is 5.16 Å². The summed E-state index contributed by atoms with van der Waals surface area (Å²) < 4.78 is 4.91. The fourth-order valence-electron chi connectivity index (χ4n) is 2.41. The van der Waals surface area contributed by atoms with Crippen LogP contribution < -0.4 is 16.0 Å². The Labute approximate surface area is 171 Å². The van der Waals surface area contributed by atoms with Gasteiger partial charge in [0.2, 0.25) is 0 Å². The molecule has 0 spiro atoms. The third-order valence-electron chi connectivity index (χ3n) is 3.92. The van der Waals surface area contributed by atoms with Gasteiger partial charge in [0.25, 0.3) is 5.91 Å². The van der Waals surface area contributed by atoms with E-state index in [0.717, 1.165) is 5.56 Å². The van der Waals surface area contributed by atoms with Crippen LogP contribution in [-0.2, 0) is 0 Å². The lowest BCUT2D eigenvalue weighted by molar-refractivity contribution is 0.102. The molecule has 0 bridgehead atoms. The first kappa shape index (κ1) is 19.7. The van der Waals surface area contributed by atoms with Gasteiger partial charge in [0.05, 0.1) is 16.2 Å². The molecule has 0 atom stereocenters. The maximum Gasteiger partial charge on any atom is 0.323 e. The van der Waals surface area contributed by atoms with Gasteiger partial charge in [-0.3, -0.25) is 4.79 Å². The largest absolute Gasteiger partial charge is 0.361 e. The van der Waals surface area contributed by atoms with Crippen LogP contribution in [0.5, 0.6) is 0 Å². The molecule has 3 N–H and O–H groups in total. The Kier molecular flexibility index (Phi) is 5.87. The van der Waals surface area contributed by atoms with Gasteiger partial charge in [-0.05, 0) is 49.7 Å². The van der Waals surface area contributed by atoms with Crippen LogP contribution in [0.3, 0.4) is 0 Å². The maximum atomic E-state index is 12.3. The first-order chi connectivity index (χ1) is 13.3. The van der Waals surface area contributed by atoms with E-state index in [1.54, 1.807) is 43.3 Å². The fraction of sp³-hybridized carbons (Fsp3) is 0.105. The number of nitrogens with zero attached hydrogens (tertiary/aromatic N) is 1. The Bertz CT molecular complexity index is 1050. The van der Waals surface area contributed by atoms with E-state index in [1.807, 2.05) is 6.92 Å². The lowest BCUT2D eigenvalue weighted by Crippen LogP contribution is -2.20. The van der Waals surface area contributed by atoms with Gasteiger partial charge >= 0.3 is 6.03 Å². The van der Waals surface area contributed by atoms with Gasteiger partial charge < -0.3 is 20.5 Å². The summed E-state index contributed by atoms with van der Waals surface area (Å²) in [5, 5.41) is 12.5. The summed E-state index contributed by atoms with van der Waals surface area (Å²) in [7, 11) is 0. The molecule has 3 amide bonds. The zero-order chi connectivity index (χ0) is 20.3. The van der Waals surface area contributed by atoms with E-state index in [2.05, 4.69) is 21.1 Å². The average molecular weight is 419 g/mol. The Morgan fingerprint density at radius 1 is 0.929 bits per heavy atom. The minimum atomic E-state index is -0.464. The fourth-order valence-corrected chi connectivity index (χ4v) is 2.71. The highest BCUT2D eigenvalue weighted by Gasteiger charge is 2.14. The van der Waals surface area contributed by atoms with E-state index in [4.69, 9.17) is 27.7 Å². The van der Waals surface area contributed by atoms with Gasteiger partial charge in [-0.15, -0.1) is 0 Å². The Morgan fingerprint density at radius 2 is 1.61 bits per heavy atom. The smallest absolute Gasteiger partial charge is 0.323 e. The van der Waals surface area contributed by atoms with Crippen molar-refractivity contribution in [3.05, 3.63) is 69.5 Å². The Morgan fingerprint density at radius 3 is 2.25 bits per heavy atom. The van der Waals surface area contributed by atoms with Crippen LogP contribution in [0.15, 0.2) is 47.1 Å². The van der Waals surface area contributed by atoms with E-state index in [1.165, 1.54) is 6.20 Å². The summed E-state index contributed by atoms with van der Waals surface area (Å²) in [5.74, 6) is 0.0738. The third kappa shape index (κ3) is 4.62. The summed E-state index contributed by atoms with van der Waals surface area (Å²) in [4.78, 5) is 24.6. The van der Waals surface area contributed by atoms with Gasteiger partial charge in [-0.25, -0.2) is 4.79 Å². The second-order valence-corrected chi connectivity index (χ2v) is 6.80. The number of amides is 3. The Hall–Kier alpha value is -3.03. The van der Waals surface area contributed by atoms with Gasteiger partial charge in [-0.1, -0.05) is 34.4 Å². The number of hydrogen-bond acceptors (Lipinski definition) is 4. The summed E-state index contributed by atoms with van der Waals surface area (Å²) in [5.41, 5.74) is 2.72. The van der Waals surface area contributed by atoms with Crippen molar-refractivity contribution in [3.63, 3.8) is 0 Å². The monoisotopic (exact) mass is 418 g/mol. The molecule has 28 heavy (non-hydrogen) atoms. The van der Waals surface area contributed by atoms with Gasteiger partial charge in [0.1, 0.15) is 11.3 Å². The zero-order valence-corrected chi connectivity index (χ0v) is 16.5. The molecule has 0 unspecified atom stereocenters. The van der Waals surface area contributed by atoms with Crippen molar-refractivity contribution in [2.45, 2.75) is 13.8 Å². The van der Waals surface area contributed by atoms with Crippen LogP contribution in [0.25, 0.3) is 0 Å². The van der Waals surface area contributed by atoms with Gasteiger partial charge in [0, 0.05) is 17.1 Å². The molecule has 2 aromatic carbocycles. The molecular weight excluding hydrogens is 403 g/mol. The molecule has 0 aliphatic rings. The number of nitrogens with one attached hydrogen (secondary N) is 3. The molecule has 0 fully saturated rings. The van der Waals surface area contributed by atoms with Crippen molar-refractivity contribution in [3.8, 4) is 0 Å². The lowest BCUT2D eigenvalue weighted by atomic mass is 10.1. The molecule has 0 saturated heterocycles. The van der Waals surface area contributed by atoms with Crippen molar-refractivity contribution < 1.29 is 14.1 Å². The first-order valence-corrected chi connectivity index (χ1v) is 8.95. The molecule has 1 aromatic heterocycles. The second-order valence-electron chi connectivity index (χ2n) is 5.99. The van der Waals surface area contributed by atoms with Crippen LogP contribution in [0, 0.1) is 13.8 Å². The van der Waals surface area contributed by atoms with Gasteiger partial charge in [0.15, 0.2) is 0 Å². The average Bonchev–Trinajstić information content (AvgIpc) is 3.07. The molecule has 144 valence electrons. The predicted molar refractivity (Wildman–Crippen MR) is 109 cm³/mol. The normalized spacial score (nSPS) is 10.4. The van der Waals surface area contributed by atoms with Crippen molar-refractivity contribution in [2.75, 3.05) is 16.0 Å². The topological polar surface area (TPSA) is 96.3 Å². The van der Waals surface area contributed by atoms with Crippen LogP contribution in [0.2, 0.25) is 10.0 Å². The highest BCUT2D eigenvalue weighted by Crippen LogP contribution is 2.25. The molecule has 0 radical (unpaired) electrons. The van der Waals surface area contributed by atoms with Crippen molar-refractivity contribution in [2.24, 2.45) is 0 Å². The van der Waals surface area contributed by atoms with E-state index in [0.29, 0.717) is 38.4 Å². The maximum absolute atomic E-state index is 12.3. The number of urea groups is 1. The number of rotatable bonds is 4. The van der Waals surface area contributed by atoms with E-state index >= 15 is 0 Å². The van der Waals surface area contributed by atoms with E-state index in [-0.39, 0.29) is 5.91 Å². The standard InChI is InChI=1S/C19H16Cl2N4O3/c1-10-3-4-13(8-17(10)25-18(26)14-9-22-28-11(14)2)24-19(27)23-12-5-6-15(20)16(21)7-12/h3-9H,1-2H3,(H,25,26)(H2,23,24,27). The van der Waals surface area contributed by atoms with Crippen LogP contribution >= 0.6 is 23.2 Å². The van der Waals surface area contributed by atoms with Crippen LogP contribution in [0.4, 0.5) is 21.9 Å². The number of aromatic nitrogens is 1. The number of anilines is 3. The molecule has 1 heterocycles. The quantitative estimate of drug-likeness (QED) is 0.521.